The lowest BCUT2D eigenvalue weighted by Gasteiger charge is -2.12. The van der Waals surface area contributed by atoms with Crippen molar-refractivity contribution in [2.45, 2.75) is 13.8 Å². The van der Waals surface area contributed by atoms with Crippen molar-refractivity contribution >= 4 is 28.2 Å². The molecule has 0 fully saturated rings. The van der Waals surface area contributed by atoms with Crippen LogP contribution in [0, 0.1) is 13.8 Å². The molecule has 9 heteroatoms. The molecule has 0 bridgehead atoms. The number of nitrogens with one attached hydrogen (secondary N) is 3. The van der Waals surface area contributed by atoms with E-state index in [1.165, 1.54) is 0 Å². The lowest BCUT2D eigenvalue weighted by atomic mass is 10.2. The van der Waals surface area contributed by atoms with Gasteiger partial charge in [-0.2, -0.15) is 0 Å². The Kier molecular flexibility index (Phi) is 4.63. The lowest BCUT2D eigenvalue weighted by Crippen LogP contribution is -2.04. The van der Waals surface area contributed by atoms with Crippen LogP contribution >= 0.6 is 0 Å². The summed E-state index contributed by atoms with van der Waals surface area (Å²) in [5.74, 6) is 2.56. The van der Waals surface area contributed by atoms with Gasteiger partial charge in [0.1, 0.15) is 23.2 Å². The Morgan fingerprint density at radius 2 is 1.93 bits per heavy atom. The topological polar surface area (TPSA) is 110 Å². The Morgan fingerprint density at radius 1 is 1.10 bits per heavy atom. The molecule has 0 unspecified atom stereocenters. The Hall–Kier alpha value is -3.88. The van der Waals surface area contributed by atoms with Gasteiger partial charge in [0.25, 0.3) is 5.56 Å². The summed E-state index contributed by atoms with van der Waals surface area (Å²) in [4.78, 5) is 25.4. The first-order chi connectivity index (χ1) is 14.0. The van der Waals surface area contributed by atoms with Gasteiger partial charge in [-0.05, 0) is 26.0 Å². The molecule has 0 amide bonds. The van der Waals surface area contributed by atoms with Crippen LogP contribution in [0.4, 0.5) is 17.3 Å². The van der Waals surface area contributed by atoms with E-state index in [0.717, 1.165) is 17.1 Å². The fourth-order valence-corrected chi connectivity index (χ4v) is 3.24. The maximum absolute atomic E-state index is 12.4. The van der Waals surface area contributed by atoms with E-state index in [0.29, 0.717) is 34.1 Å². The molecule has 3 heterocycles. The summed E-state index contributed by atoms with van der Waals surface area (Å²) in [7, 11) is 3.43. The average Bonchev–Trinajstić information content (AvgIpc) is 3.02. The van der Waals surface area contributed by atoms with Crippen molar-refractivity contribution < 1.29 is 4.74 Å². The van der Waals surface area contributed by atoms with Gasteiger partial charge in [0.05, 0.1) is 29.4 Å². The van der Waals surface area contributed by atoms with Crippen LogP contribution < -0.4 is 20.9 Å². The maximum Gasteiger partial charge on any atom is 0.273 e. The fourth-order valence-electron chi connectivity index (χ4n) is 3.24. The zero-order valence-corrected chi connectivity index (χ0v) is 16.6. The molecule has 0 aliphatic heterocycles. The summed E-state index contributed by atoms with van der Waals surface area (Å²) in [6.07, 6.45) is 1.55. The van der Waals surface area contributed by atoms with E-state index in [9.17, 15) is 4.79 Å². The van der Waals surface area contributed by atoms with Gasteiger partial charge in [-0.3, -0.25) is 14.6 Å². The first-order valence-corrected chi connectivity index (χ1v) is 9.04. The molecule has 1 aromatic carbocycles. The highest BCUT2D eigenvalue weighted by atomic mass is 16.5. The van der Waals surface area contributed by atoms with Gasteiger partial charge in [0.2, 0.25) is 0 Å². The van der Waals surface area contributed by atoms with Gasteiger partial charge >= 0.3 is 0 Å². The summed E-state index contributed by atoms with van der Waals surface area (Å²) >= 11 is 0. The highest BCUT2D eigenvalue weighted by Gasteiger charge is 2.12. The van der Waals surface area contributed by atoms with Gasteiger partial charge in [-0.15, -0.1) is 0 Å². The number of anilines is 3. The summed E-state index contributed by atoms with van der Waals surface area (Å²) in [6.45, 7) is 3.74. The number of benzene rings is 1. The number of aromatic amines is 1. The van der Waals surface area contributed by atoms with Gasteiger partial charge in [-0.1, -0.05) is 0 Å². The van der Waals surface area contributed by atoms with Gasteiger partial charge < -0.3 is 15.4 Å². The third-order valence-electron chi connectivity index (χ3n) is 4.52. The highest BCUT2D eigenvalue weighted by Crippen LogP contribution is 2.28. The third-order valence-corrected chi connectivity index (χ3v) is 4.52. The van der Waals surface area contributed by atoms with Crippen LogP contribution in [0.15, 0.2) is 41.3 Å². The molecule has 4 aromatic rings. The molecule has 3 N–H and O–H groups in total. The van der Waals surface area contributed by atoms with E-state index < -0.39 is 0 Å². The summed E-state index contributed by atoms with van der Waals surface area (Å²) < 4.78 is 7.15. The number of fused-ring (bicyclic) bond motifs is 1. The predicted octanol–water partition coefficient (Wildman–Crippen LogP) is 2.91. The summed E-state index contributed by atoms with van der Waals surface area (Å²) in [5, 5.41) is 9.60. The highest BCUT2D eigenvalue weighted by molar-refractivity contribution is 5.82. The van der Waals surface area contributed by atoms with Gasteiger partial charge in [-0.25, -0.2) is 15.0 Å². The van der Waals surface area contributed by atoms with E-state index in [4.69, 9.17) is 4.74 Å². The standard InChI is InChI=1S/C20H21N7O2/c1-11-7-19(24-12(2)23-11)25-18-9-16-14(10-22-18)20(28)26-27(16)13-5-6-15(21-3)17(8-13)29-4/h5-10,21H,1-4H3,(H,26,28)(H,22,23,24,25). The smallest absolute Gasteiger partial charge is 0.273 e. The van der Waals surface area contributed by atoms with Crippen molar-refractivity contribution in [3.8, 4) is 11.4 Å². The largest absolute Gasteiger partial charge is 0.495 e. The quantitative estimate of drug-likeness (QED) is 0.480. The monoisotopic (exact) mass is 391 g/mol. The second kappa shape index (κ2) is 7.27. The first-order valence-electron chi connectivity index (χ1n) is 9.04. The first kappa shape index (κ1) is 18.5. The van der Waals surface area contributed by atoms with E-state index in [-0.39, 0.29) is 5.56 Å². The Bertz CT molecular complexity index is 1240. The van der Waals surface area contributed by atoms with Crippen LogP contribution in [0.25, 0.3) is 16.6 Å². The molecule has 0 saturated carbocycles. The minimum absolute atomic E-state index is 0.218. The van der Waals surface area contributed by atoms with E-state index in [2.05, 4.69) is 30.7 Å². The minimum atomic E-state index is -0.218. The average molecular weight is 391 g/mol. The zero-order chi connectivity index (χ0) is 20.5. The number of nitrogens with zero attached hydrogens (tertiary/aromatic N) is 4. The van der Waals surface area contributed by atoms with E-state index in [1.807, 2.05) is 45.2 Å². The van der Waals surface area contributed by atoms with Crippen LogP contribution in [0.1, 0.15) is 11.5 Å². The van der Waals surface area contributed by atoms with Crippen LogP contribution in [0.5, 0.6) is 5.75 Å². The fraction of sp³-hybridized carbons (Fsp3) is 0.200. The Labute approximate surface area is 166 Å². The number of H-pyrrole nitrogens is 1. The molecule has 148 valence electrons. The number of rotatable bonds is 5. The molecule has 0 atom stereocenters. The summed E-state index contributed by atoms with van der Waals surface area (Å²) in [5.41, 5.74) is 2.95. The number of aryl methyl sites for hydroxylation is 2. The number of ether oxygens (including phenoxy) is 1. The summed E-state index contributed by atoms with van der Waals surface area (Å²) in [6, 6.07) is 9.29. The van der Waals surface area contributed by atoms with Crippen LogP contribution in [0.3, 0.4) is 0 Å². The van der Waals surface area contributed by atoms with Crippen molar-refractivity contribution in [1.29, 1.82) is 0 Å². The van der Waals surface area contributed by atoms with E-state index >= 15 is 0 Å². The zero-order valence-electron chi connectivity index (χ0n) is 16.6. The van der Waals surface area contributed by atoms with E-state index in [1.54, 1.807) is 24.1 Å². The SMILES string of the molecule is CNc1ccc(-n2[nH]c(=O)c3cnc(Nc4cc(C)nc(C)n4)cc32)cc1OC. The van der Waals surface area contributed by atoms with Gasteiger partial charge in [0.15, 0.2) is 0 Å². The Morgan fingerprint density at radius 3 is 2.66 bits per heavy atom. The molecule has 0 aliphatic carbocycles. The molecule has 9 nitrogen and oxygen atoms in total. The molecule has 0 saturated heterocycles. The molecule has 0 aliphatic rings. The molecular formula is C20H21N7O2. The van der Waals surface area contributed by atoms with Crippen LogP contribution in [-0.4, -0.2) is 38.9 Å². The van der Waals surface area contributed by atoms with Crippen molar-refractivity contribution in [2.75, 3.05) is 24.8 Å². The second-order valence-corrected chi connectivity index (χ2v) is 6.56. The molecule has 0 spiro atoms. The molecule has 3 aromatic heterocycles. The number of hydrogen-bond acceptors (Lipinski definition) is 7. The van der Waals surface area contributed by atoms with Crippen molar-refractivity contribution in [1.82, 2.24) is 24.7 Å². The second-order valence-electron chi connectivity index (χ2n) is 6.56. The van der Waals surface area contributed by atoms with Crippen LogP contribution in [0.2, 0.25) is 0 Å². The number of aromatic nitrogens is 5. The normalized spacial score (nSPS) is 10.9. The predicted molar refractivity (Wildman–Crippen MR) is 113 cm³/mol. The number of hydrogen-bond donors (Lipinski definition) is 3. The maximum atomic E-state index is 12.4. The molecule has 29 heavy (non-hydrogen) atoms. The van der Waals surface area contributed by atoms with Crippen molar-refractivity contribution in [2.24, 2.45) is 0 Å². The minimum Gasteiger partial charge on any atom is -0.495 e. The molecule has 4 rings (SSSR count). The number of pyridine rings is 1. The molecular weight excluding hydrogens is 370 g/mol. The Balaban J connectivity index is 1.80. The van der Waals surface area contributed by atoms with Crippen molar-refractivity contribution in [3.63, 3.8) is 0 Å². The lowest BCUT2D eigenvalue weighted by molar-refractivity contribution is 0.416. The number of methoxy groups -OCH3 is 1. The van der Waals surface area contributed by atoms with Crippen LogP contribution in [-0.2, 0) is 0 Å². The van der Waals surface area contributed by atoms with Gasteiger partial charge in [0, 0.05) is 37.1 Å². The third kappa shape index (κ3) is 3.49. The van der Waals surface area contributed by atoms with Crippen molar-refractivity contribution in [3.05, 3.63) is 58.4 Å². The molecule has 0 radical (unpaired) electrons.